The molecule has 3 aliphatic heterocycles. The van der Waals surface area contributed by atoms with E-state index in [-0.39, 0.29) is 29.0 Å². The number of ether oxygens (including phenoxy) is 2. The van der Waals surface area contributed by atoms with Gasteiger partial charge in [-0.15, -0.1) is 0 Å². The molecule has 0 bridgehead atoms. The predicted molar refractivity (Wildman–Crippen MR) is 129 cm³/mol. The van der Waals surface area contributed by atoms with Crippen LogP contribution in [0.25, 0.3) is 6.08 Å². The molecule has 2 saturated carbocycles. The van der Waals surface area contributed by atoms with Crippen LogP contribution in [-0.2, 0) is 14.3 Å². The largest absolute Gasteiger partial charge is 0.462 e. The Morgan fingerprint density at radius 2 is 1.85 bits per heavy atom. The van der Waals surface area contributed by atoms with Crippen molar-refractivity contribution in [1.29, 1.82) is 0 Å². The lowest BCUT2D eigenvalue weighted by atomic mass is 9.53. The van der Waals surface area contributed by atoms with Crippen molar-refractivity contribution >= 4 is 12.0 Å². The smallest absolute Gasteiger partial charge is 0.310 e. The molecule has 6 rings (SSSR count). The first-order valence-electron chi connectivity index (χ1n) is 13.1. The van der Waals surface area contributed by atoms with Gasteiger partial charge in [0, 0.05) is 45.2 Å². The Balaban J connectivity index is 1.04. The molecule has 3 heterocycles. The first-order valence-corrected chi connectivity index (χ1v) is 13.1. The second kappa shape index (κ2) is 8.51. The first-order chi connectivity index (χ1) is 16.0. The quantitative estimate of drug-likeness (QED) is 0.504. The van der Waals surface area contributed by atoms with Crippen molar-refractivity contribution in [3.8, 4) is 0 Å². The predicted octanol–water partition coefficient (Wildman–Crippen LogP) is 3.84. The van der Waals surface area contributed by atoms with Gasteiger partial charge in [0.25, 0.3) is 0 Å². The van der Waals surface area contributed by atoms with Gasteiger partial charge in [0.1, 0.15) is 6.10 Å². The van der Waals surface area contributed by atoms with Crippen LogP contribution in [0.2, 0.25) is 0 Å². The fourth-order valence-corrected chi connectivity index (χ4v) is 7.50. The van der Waals surface area contributed by atoms with Crippen molar-refractivity contribution in [1.82, 2.24) is 9.80 Å². The van der Waals surface area contributed by atoms with Gasteiger partial charge in [-0.1, -0.05) is 49.4 Å². The summed E-state index contributed by atoms with van der Waals surface area (Å²) in [7, 11) is 0. The highest BCUT2D eigenvalue weighted by Gasteiger charge is 2.65. The fourth-order valence-electron chi connectivity index (χ4n) is 7.50. The van der Waals surface area contributed by atoms with Gasteiger partial charge in [-0.05, 0) is 49.0 Å². The third-order valence-electron chi connectivity index (χ3n) is 9.47. The number of hydrogen-bond acceptors (Lipinski definition) is 5. The maximum absolute atomic E-state index is 12.9. The maximum Gasteiger partial charge on any atom is 0.310 e. The maximum atomic E-state index is 12.9. The molecular weight excluding hydrogens is 412 g/mol. The summed E-state index contributed by atoms with van der Waals surface area (Å²) < 4.78 is 12.1. The molecule has 1 spiro atoms. The lowest BCUT2D eigenvalue weighted by Crippen LogP contribution is -2.52. The molecule has 1 aromatic rings. The Morgan fingerprint density at radius 1 is 1.09 bits per heavy atom. The van der Waals surface area contributed by atoms with Gasteiger partial charge >= 0.3 is 5.97 Å². The molecule has 0 unspecified atom stereocenters. The molecule has 178 valence electrons. The average Bonchev–Trinajstić information content (AvgIpc) is 3.52. The van der Waals surface area contributed by atoms with Crippen LogP contribution in [-0.4, -0.2) is 73.3 Å². The number of hydrogen-bond donors (Lipinski definition) is 0. The van der Waals surface area contributed by atoms with E-state index in [1.54, 1.807) is 0 Å². The van der Waals surface area contributed by atoms with Gasteiger partial charge < -0.3 is 9.47 Å². The molecule has 1 aromatic carbocycles. The normalized spacial score (nSPS) is 41.2. The van der Waals surface area contributed by atoms with Gasteiger partial charge in [0.15, 0.2) is 0 Å². The van der Waals surface area contributed by atoms with Crippen molar-refractivity contribution < 1.29 is 14.3 Å². The van der Waals surface area contributed by atoms with Crippen LogP contribution in [0.15, 0.2) is 36.4 Å². The third kappa shape index (κ3) is 4.17. The molecule has 0 radical (unpaired) electrons. The number of fused-ring (bicyclic) bond motifs is 3. The van der Waals surface area contributed by atoms with Crippen LogP contribution in [0.4, 0.5) is 0 Å². The van der Waals surface area contributed by atoms with Crippen molar-refractivity contribution in [3.05, 3.63) is 42.0 Å². The van der Waals surface area contributed by atoms with E-state index >= 15 is 0 Å². The van der Waals surface area contributed by atoms with Crippen LogP contribution < -0.4 is 0 Å². The average molecular weight is 451 g/mol. The Hall–Kier alpha value is -1.69. The lowest BCUT2D eigenvalue weighted by molar-refractivity contribution is -0.147. The zero-order valence-corrected chi connectivity index (χ0v) is 20.0. The van der Waals surface area contributed by atoms with E-state index in [2.05, 4.69) is 59.2 Å². The van der Waals surface area contributed by atoms with E-state index in [1.807, 2.05) is 0 Å². The van der Waals surface area contributed by atoms with E-state index in [1.165, 1.54) is 24.8 Å². The standard InChI is InChI=1S/C28H38N2O3/c1-27-10-6-11-28(20-32-28)25(27)17-22-23(26(31)33-24(22)18-27)19-30-15-13-29(14-16-30)12-5-9-21-7-3-2-4-8-21/h2-5,7-9,22-25H,6,10-20H2,1H3/b9-5+/t22-,23-,24-,25+,27-,28+/m1/s1. The number of esters is 1. The molecule has 5 nitrogen and oxygen atoms in total. The summed E-state index contributed by atoms with van der Waals surface area (Å²) in [6.45, 7) is 9.42. The molecule has 5 fully saturated rings. The second-order valence-corrected chi connectivity index (χ2v) is 11.5. The minimum Gasteiger partial charge on any atom is -0.462 e. The number of piperazine rings is 1. The number of carbonyl (C=O) groups is 1. The van der Waals surface area contributed by atoms with Gasteiger partial charge in [-0.3, -0.25) is 14.6 Å². The highest BCUT2D eigenvalue weighted by atomic mass is 16.6. The van der Waals surface area contributed by atoms with E-state index < -0.39 is 0 Å². The first kappa shape index (κ1) is 21.8. The summed E-state index contributed by atoms with van der Waals surface area (Å²) in [6.07, 6.45) is 10.5. The second-order valence-electron chi connectivity index (χ2n) is 11.5. The Bertz CT molecular complexity index is 890. The monoisotopic (exact) mass is 450 g/mol. The molecule has 0 N–H and O–H groups in total. The molecule has 0 amide bonds. The molecule has 6 atom stereocenters. The van der Waals surface area contributed by atoms with Gasteiger partial charge in [-0.25, -0.2) is 0 Å². The van der Waals surface area contributed by atoms with Crippen molar-refractivity contribution in [2.45, 2.75) is 50.7 Å². The van der Waals surface area contributed by atoms with Crippen LogP contribution in [0.5, 0.6) is 0 Å². The summed E-state index contributed by atoms with van der Waals surface area (Å²) in [5.41, 5.74) is 1.67. The summed E-state index contributed by atoms with van der Waals surface area (Å²) >= 11 is 0. The topological polar surface area (TPSA) is 45.3 Å². The molecule has 5 heteroatoms. The van der Waals surface area contributed by atoms with Gasteiger partial charge in [0.05, 0.1) is 18.1 Å². The number of epoxide rings is 1. The van der Waals surface area contributed by atoms with E-state index in [9.17, 15) is 4.79 Å². The van der Waals surface area contributed by atoms with E-state index in [0.29, 0.717) is 11.8 Å². The van der Waals surface area contributed by atoms with E-state index in [0.717, 1.165) is 58.7 Å². The SMILES string of the molecule is C[C@]12CCC[C@]3(CO3)[C@H]1C[C@H]1[C@@H](C2)OC(=O)[C@@H]1CN1CCN(C/C=C/c2ccccc2)CC1. The zero-order chi connectivity index (χ0) is 22.5. The summed E-state index contributed by atoms with van der Waals surface area (Å²) in [5, 5.41) is 0. The molecule has 3 saturated heterocycles. The number of benzene rings is 1. The summed E-state index contributed by atoms with van der Waals surface area (Å²) in [5.74, 6) is 1.08. The van der Waals surface area contributed by atoms with Crippen molar-refractivity contribution in [2.24, 2.45) is 23.2 Å². The zero-order valence-electron chi connectivity index (χ0n) is 20.0. The van der Waals surface area contributed by atoms with Crippen LogP contribution in [0.3, 0.4) is 0 Å². The lowest BCUT2D eigenvalue weighted by Gasteiger charge is -2.51. The number of nitrogens with zero attached hydrogens (tertiary/aromatic N) is 2. The van der Waals surface area contributed by atoms with Crippen LogP contribution in [0.1, 0.15) is 44.6 Å². The molecule has 5 aliphatic rings. The molecule has 2 aliphatic carbocycles. The van der Waals surface area contributed by atoms with Gasteiger partial charge in [-0.2, -0.15) is 0 Å². The molecular formula is C28H38N2O3. The minimum absolute atomic E-state index is 0.0433. The van der Waals surface area contributed by atoms with Gasteiger partial charge in [0.2, 0.25) is 0 Å². The summed E-state index contributed by atoms with van der Waals surface area (Å²) in [4.78, 5) is 18.0. The third-order valence-corrected chi connectivity index (χ3v) is 9.47. The molecule has 33 heavy (non-hydrogen) atoms. The van der Waals surface area contributed by atoms with Crippen LogP contribution in [0, 0.1) is 23.2 Å². The Labute approximate surface area is 198 Å². The number of rotatable bonds is 5. The number of carbonyl (C=O) groups excluding carboxylic acids is 1. The minimum atomic E-state index is 0.0433. The Morgan fingerprint density at radius 3 is 2.61 bits per heavy atom. The highest BCUT2D eigenvalue weighted by Crippen LogP contribution is 2.62. The van der Waals surface area contributed by atoms with E-state index in [4.69, 9.17) is 9.47 Å². The van der Waals surface area contributed by atoms with Crippen molar-refractivity contribution in [3.63, 3.8) is 0 Å². The fraction of sp³-hybridized carbons (Fsp3) is 0.679. The van der Waals surface area contributed by atoms with Crippen LogP contribution >= 0.6 is 0 Å². The summed E-state index contributed by atoms with van der Waals surface area (Å²) in [6, 6.07) is 10.5. The molecule has 0 aromatic heterocycles. The Kier molecular flexibility index (Phi) is 5.63. The van der Waals surface area contributed by atoms with Crippen molar-refractivity contribution in [2.75, 3.05) is 45.9 Å². The highest BCUT2D eigenvalue weighted by molar-refractivity contribution is 5.75.